The molecule has 0 saturated carbocycles. The van der Waals surface area contributed by atoms with Gasteiger partial charge in [-0.3, -0.25) is 4.99 Å². The highest BCUT2D eigenvalue weighted by Gasteiger charge is 2.24. The van der Waals surface area contributed by atoms with E-state index < -0.39 is 0 Å². The van der Waals surface area contributed by atoms with Crippen LogP contribution in [0, 0.1) is 6.92 Å². The molecule has 28 heavy (non-hydrogen) atoms. The van der Waals surface area contributed by atoms with Crippen molar-refractivity contribution in [3.05, 3.63) is 18.2 Å². The molecular weight excluding hydrogens is 469 g/mol. The van der Waals surface area contributed by atoms with Crippen LogP contribution in [0.15, 0.2) is 17.4 Å². The fourth-order valence-corrected chi connectivity index (χ4v) is 3.83. The van der Waals surface area contributed by atoms with Gasteiger partial charge in [0.05, 0.1) is 18.8 Å². The number of imidazole rings is 1. The Hall–Kier alpha value is -0.870. The molecule has 0 aromatic carbocycles. The first-order valence-corrected chi connectivity index (χ1v) is 10.4. The van der Waals surface area contributed by atoms with Gasteiger partial charge in [0.25, 0.3) is 0 Å². The summed E-state index contributed by atoms with van der Waals surface area (Å²) in [6.45, 7) is 7.70. The molecule has 3 rings (SSSR count). The van der Waals surface area contributed by atoms with Crippen LogP contribution in [-0.4, -0.2) is 72.5 Å². The number of guanidine groups is 1. The van der Waals surface area contributed by atoms with E-state index in [-0.39, 0.29) is 24.0 Å². The minimum absolute atomic E-state index is 0. The second-order valence-corrected chi connectivity index (χ2v) is 7.50. The zero-order valence-corrected chi connectivity index (χ0v) is 19.6. The van der Waals surface area contributed by atoms with Crippen molar-refractivity contribution in [2.75, 3.05) is 39.9 Å². The summed E-state index contributed by atoms with van der Waals surface area (Å²) in [5.41, 5.74) is 0. The second-order valence-electron chi connectivity index (χ2n) is 7.50. The van der Waals surface area contributed by atoms with Crippen LogP contribution in [-0.2, 0) is 16.0 Å². The lowest BCUT2D eigenvalue weighted by Crippen LogP contribution is -2.47. The zero-order chi connectivity index (χ0) is 18.9. The number of nitrogens with one attached hydrogen (secondary N) is 1. The van der Waals surface area contributed by atoms with Gasteiger partial charge in [0.2, 0.25) is 0 Å². The number of aromatic nitrogens is 2. The number of piperidine rings is 1. The zero-order valence-electron chi connectivity index (χ0n) is 17.3. The van der Waals surface area contributed by atoms with Crippen molar-refractivity contribution < 1.29 is 9.47 Å². The van der Waals surface area contributed by atoms with Gasteiger partial charge in [-0.1, -0.05) is 0 Å². The van der Waals surface area contributed by atoms with Crippen LogP contribution in [0.5, 0.6) is 0 Å². The van der Waals surface area contributed by atoms with Gasteiger partial charge >= 0.3 is 0 Å². The summed E-state index contributed by atoms with van der Waals surface area (Å²) >= 11 is 0. The molecule has 0 amide bonds. The summed E-state index contributed by atoms with van der Waals surface area (Å²) in [7, 11) is 1.87. The van der Waals surface area contributed by atoms with E-state index in [1.165, 1.54) is 6.42 Å². The molecule has 7 nitrogen and oxygen atoms in total. The monoisotopic (exact) mass is 505 g/mol. The van der Waals surface area contributed by atoms with E-state index in [0.717, 1.165) is 83.3 Å². The van der Waals surface area contributed by atoms with E-state index >= 15 is 0 Å². The van der Waals surface area contributed by atoms with Crippen LogP contribution in [0.25, 0.3) is 0 Å². The molecule has 3 heterocycles. The molecule has 0 radical (unpaired) electrons. The van der Waals surface area contributed by atoms with Crippen molar-refractivity contribution >= 4 is 29.9 Å². The smallest absolute Gasteiger partial charge is 0.193 e. The molecule has 2 aliphatic rings. The van der Waals surface area contributed by atoms with E-state index in [1.807, 2.05) is 26.4 Å². The standard InChI is InChI=1S/C20H35N5O2.HI/c1-17-22-10-14-24(17)11-4-3-9-23-20(21-2)25-12-7-18(8-13-25)27-16-19-6-5-15-26-19;/h10,14,18-19H,3-9,11-13,15-16H2,1-2H3,(H,21,23);1H. The van der Waals surface area contributed by atoms with E-state index in [9.17, 15) is 0 Å². The van der Waals surface area contributed by atoms with Gasteiger partial charge in [0.15, 0.2) is 5.96 Å². The number of aliphatic imine (C=N–C) groups is 1. The van der Waals surface area contributed by atoms with Gasteiger partial charge in [0.1, 0.15) is 5.82 Å². The maximum atomic E-state index is 6.07. The number of halogens is 1. The van der Waals surface area contributed by atoms with Crippen molar-refractivity contribution in [2.45, 2.75) is 64.2 Å². The molecule has 1 aromatic rings. The van der Waals surface area contributed by atoms with Crippen LogP contribution in [0.3, 0.4) is 0 Å². The van der Waals surface area contributed by atoms with Gasteiger partial charge in [-0.05, 0) is 45.4 Å². The Kier molecular flexibility index (Phi) is 10.6. The first kappa shape index (κ1) is 23.4. The number of nitrogens with zero attached hydrogens (tertiary/aromatic N) is 4. The number of aryl methyl sites for hydroxylation is 2. The summed E-state index contributed by atoms with van der Waals surface area (Å²) in [4.78, 5) is 11.1. The maximum Gasteiger partial charge on any atom is 0.193 e. The lowest BCUT2D eigenvalue weighted by atomic mass is 10.1. The molecule has 1 N–H and O–H groups in total. The van der Waals surface area contributed by atoms with Crippen LogP contribution < -0.4 is 5.32 Å². The predicted molar refractivity (Wildman–Crippen MR) is 122 cm³/mol. The lowest BCUT2D eigenvalue weighted by Gasteiger charge is -2.34. The average molecular weight is 505 g/mol. The summed E-state index contributed by atoms with van der Waals surface area (Å²) in [6, 6.07) is 0. The van der Waals surface area contributed by atoms with Crippen LogP contribution in [0.2, 0.25) is 0 Å². The molecule has 0 bridgehead atoms. The van der Waals surface area contributed by atoms with E-state index in [2.05, 4.69) is 24.8 Å². The number of likely N-dealkylation sites (tertiary alicyclic amines) is 1. The van der Waals surface area contributed by atoms with Crippen molar-refractivity contribution in [3.63, 3.8) is 0 Å². The Bertz CT molecular complexity index is 581. The molecule has 0 spiro atoms. The third kappa shape index (κ3) is 7.18. The third-order valence-corrected chi connectivity index (χ3v) is 5.53. The Labute approximate surface area is 186 Å². The average Bonchev–Trinajstić information content (AvgIpc) is 3.35. The molecule has 160 valence electrons. The predicted octanol–water partition coefficient (Wildman–Crippen LogP) is 2.83. The molecule has 1 unspecified atom stereocenters. The third-order valence-electron chi connectivity index (χ3n) is 5.53. The number of hydrogen-bond acceptors (Lipinski definition) is 4. The van der Waals surface area contributed by atoms with E-state index in [1.54, 1.807) is 0 Å². The summed E-state index contributed by atoms with van der Waals surface area (Å²) in [5.74, 6) is 2.11. The molecule has 1 aromatic heterocycles. The van der Waals surface area contributed by atoms with E-state index in [0.29, 0.717) is 12.2 Å². The first-order valence-electron chi connectivity index (χ1n) is 10.4. The van der Waals surface area contributed by atoms with Crippen molar-refractivity contribution in [2.24, 2.45) is 4.99 Å². The van der Waals surface area contributed by atoms with Crippen molar-refractivity contribution in [1.82, 2.24) is 19.8 Å². The fraction of sp³-hybridized carbons (Fsp3) is 0.800. The normalized spacial score (nSPS) is 21.0. The summed E-state index contributed by atoms with van der Waals surface area (Å²) in [5, 5.41) is 3.52. The SMILES string of the molecule is CN=C(NCCCCn1ccnc1C)N1CCC(OCC2CCCO2)CC1.I. The Morgan fingerprint density at radius 1 is 1.32 bits per heavy atom. The van der Waals surface area contributed by atoms with Gasteiger partial charge in [-0.25, -0.2) is 4.98 Å². The molecule has 2 aliphatic heterocycles. The molecule has 8 heteroatoms. The second kappa shape index (κ2) is 12.6. The minimum atomic E-state index is 0. The van der Waals surface area contributed by atoms with Crippen LogP contribution in [0.4, 0.5) is 0 Å². The summed E-state index contributed by atoms with van der Waals surface area (Å²) in [6.07, 6.45) is 11.3. The molecule has 0 aliphatic carbocycles. The van der Waals surface area contributed by atoms with Crippen molar-refractivity contribution in [1.29, 1.82) is 0 Å². The highest BCUT2D eigenvalue weighted by atomic mass is 127. The maximum absolute atomic E-state index is 6.07. The first-order chi connectivity index (χ1) is 13.3. The fourth-order valence-electron chi connectivity index (χ4n) is 3.83. The van der Waals surface area contributed by atoms with E-state index in [4.69, 9.17) is 9.47 Å². The van der Waals surface area contributed by atoms with Crippen LogP contribution in [0.1, 0.15) is 44.3 Å². The number of hydrogen-bond donors (Lipinski definition) is 1. The van der Waals surface area contributed by atoms with Crippen LogP contribution >= 0.6 is 24.0 Å². The summed E-state index contributed by atoms with van der Waals surface area (Å²) < 4.78 is 13.9. The van der Waals surface area contributed by atoms with Gasteiger partial charge in [-0.15, -0.1) is 24.0 Å². The Balaban J connectivity index is 0.00000280. The molecule has 2 saturated heterocycles. The number of unbranched alkanes of at least 4 members (excludes halogenated alkanes) is 1. The van der Waals surface area contributed by atoms with Crippen molar-refractivity contribution in [3.8, 4) is 0 Å². The highest BCUT2D eigenvalue weighted by molar-refractivity contribution is 14.0. The largest absolute Gasteiger partial charge is 0.376 e. The van der Waals surface area contributed by atoms with Gasteiger partial charge in [0, 0.05) is 52.2 Å². The highest BCUT2D eigenvalue weighted by Crippen LogP contribution is 2.17. The minimum Gasteiger partial charge on any atom is -0.376 e. The number of ether oxygens (including phenoxy) is 2. The van der Waals surface area contributed by atoms with Gasteiger partial charge < -0.3 is 24.3 Å². The molecule has 1 atom stereocenters. The number of rotatable bonds is 8. The Morgan fingerprint density at radius 2 is 2.14 bits per heavy atom. The molecular formula is C20H36IN5O2. The molecule has 2 fully saturated rings. The quantitative estimate of drug-likeness (QED) is 0.255. The topological polar surface area (TPSA) is 63.9 Å². The van der Waals surface area contributed by atoms with Gasteiger partial charge in [-0.2, -0.15) is 0 Å². The Morgan fingerprint density at radius 3 is 2.79 bits per heavy atom. The lowest BCUT2D eigenvalue weighted by molar-refractivity contribution is -0.0367.